The molecule has 0 aromatic heterocycles. The summed E-state index contributed by atoms with van der Waals surface area (Å²) >= 11 is 0. The lowest BCUT2D eigenvalue weighted by Gasteiger charge is -2.24. The number of unbranched alkanes of at least 4 members (excludes halogenated alkanes) is 1. The van der Waals surface area contributed by atoms with Gasteiger partial charge < -0.3 is 0 Å². The number of hydrogen-bond donors (Lipinski definition) is 0. The van der Waals surface area contributed by atoms with Crippen molar-refractivity contribution in [3.05, 3.63) is 23.3 Å². The van der Waals surface area contributed by atoms with Gasteiger partial charge in [-0.2, -0.15) is 0 Å². The van der Waals surface area contributed by atoms with Crippen LogP contribution in [0.15, 0.2) is 23.3 Å². The van der Waals surface area contributed by atoms with Gasteiger partial charge in [0.1, 0.15) is 0 Å². The summed E-state index contributed by atoms with van der Waals surface area (Å²) in [7, 11) is 0. The largest absolute Gasteiger partial charge is 0.0802 e. The second-order valence-electron chi connectivity index (χ2n) is 4.40. The first kappa shape index (κ1) is 9.05. The van der Waals surface area contributed by atoms with Crippen molar-refractivity contribution in [3.63, 3.8) is 0 Å². The monoisotopic (exact) mass is 176 g/mol. The van der Waals surface area contributed by atoms with Crippen molar-refractivity contribution >= 4 is 0 Å². The van der Waals surface area contributed by atoms with Crippen molar-refractivity contribution in [2.24, 2.45) is 5.92 Å². The van der Waals surface area contributed by atoms with E-state index in [1.165, 1.54) is 44.9 Å². The quantitative estimate of drug-likeness (QED) is 0.603. The van der Waals surface area contributed by atoms with Gasteiger partial charge in [-0.05, 0) is 43.6 Å². The van der Waals surface area contributed by atoms with Gasteiger partial charge in [-0.25, -0.2) is 0 Å². The molecule has 2 rings (SSSR count). The Hall–Kier alpha value is -0.520. The Morgan fingerprint density at radius 3 is 3.23 bits per heavy atom. The molecule has 2 aliphatic rings. The van der Waals surface area contributed by atoms with Crippen LogP contribution in [-0.2, 0) is 0 Å². The van der Waals surface area contributed by atoms with Crippen LogP contribution >= 0.6 is 0 Å². The Balaban J connectivity index is 2.01. The summed E-state index contributed by atoms with van der Waals surface area (Å²) in [6.07, 6.45) is 14.5. The molecule has 72 valence electrons. The van der Waals surface area contributed by atoms with Crippen molar-refractivity contribution in [3.8, 4) is 0 Å². The molecule has 0 radical (unpaired) electrons. The Kier molecular flexibility index (Phi) is 2.87. The van der Waals surface area contributed by atoms with Gasteiger partial charge in [0.25, 0.3) is 0 Å². The Bertz CT molecular complexity index is 232. The van der Waals surface area contributed by atoms with Gasteiger partial charge in [0.2, 0.25) is 0 Å². The van der Waals surface area contributed by atoms with E-state index in [4.69, 9.17) is 0 Å². The minimum absolute atomic E-state index is 0.919. The van der Waals surface area contributed by atoms with E-state index >= 15 is 0 Å². The maximum Gasteiger partial charge on any atom is -0.0130 e. The molecule has 0 saturated carbocycles. The second kappa shape index (κ2) is 4.13. The topological polar surface area (TPSA) is 0 Å². The molecule has 0 saturated heterocycles. The van der Waals surface area contributed by atoms with Gasteiger partial charge in [-0.1, -0.05) is 37.5 Å². The predicted octanol–water partition coefficient (Wildman–Crippen LogP) is 4.23. The van der Waals surface area contributed by atoms with Crippen LogP contribution in [0.1, 0.15) is 51.9 Å². The molecule has 0 aromatic carbocycles. The number of allylic oxidation sites excluding steroid dienone is 4. The van der Waals surface area contributed by atoms with Gasteiger partial charge >= 0.3 is 0 Å². The third-order valence-corrected chi connectivity index (χ3v) is 3.45. The zero-order valence-electron chi connectivity index (χ0n) is 8.68. The van der Waals surface area contributed by atoms with Gasteiger partial charge in [0, 0.05) is 0 Å². The van der Waals surface area contributed by atoms with Gasteiger partial charge in [-0.15, -0.1) is 0 Å². The zero-order valence-corrected chi connectivity index (χ0v) is 8.68. The third kappa shape index (κ3) is 1.87. The van der Waals surface area contributed by atoms with E-state index in [1.807, 2.05) is 0 Å². The van der Waals surface area contributed by atoms with Crippen LogP contribution in [0.4, 0.5) is 0 Å². The Morgan fingerprint density at radius 2 is 2.38 bits per heavy atom. The van der Waals surface area contributed by atoms with Crippen molar-refractivity contribution < 1.29 is 0 Å². The normalized spacial score (nSPS) is 26.7. The van der Waals surface area contributed by atoms with Gasteiger partial charge in [0.05, 0.1) is 0 Å². The lowest BCUT2D eigenvalue weighted by molar-refractivity contribution is 0.460. The Labute approximate surface area is 81.7 Å². The van der Waals surface area contributed by atoms with Gasteiger partial charge in [-0.3, -0.25) is 0 Å². The summed E-state index contributed by atoms with van der Waals surface area (Å²) in [5.41, 5.74) is 3.48. The maximum atomic E-state index is 2.40. The van der Waals surface area contributed by atoms with E-state index in [0.29, 0.717) is 0 Å². The summed E-state index contributed by atoms with van der Waals surface area (Å²) in [5.74, 6) is 0.919. The first-order valence-electron chi connectivity index (χ1n) is 5.80. The molecule has 1 atom stereocenters. The highest BCUT2D eigenvalue weighted by atomic mass is 14.3. The van der Waals surface area contributed by atoms with E-state index in [-0.39, 0.29) is 0 Å². The molecule has 0 aromatic rings. The molecule has 0 spiro atoms. The standard InChI is InChI=1S/C13H20/c1-2-3-6-11-7-4-8-12-9-5-10-13(11)12/h5,10-11H,2-4,6-9H2,1H3. The third-order valence-electron chi connectivity index (χ3n) is 3.45. The number of rotatable bonds is 3. The maximum absolute atomic E-state index is 2.40. The molecule has 13 heavy (non-hydrogen) atoms. The fourth-order valence-electron chi connectivity index (χ4n) is 2.70. The highest BCUT2D eigenvalue weighted by Gasteiger charge is 2.22. The molecule has 0 fully saturated rings. The van der Waals surface area contributed by atoms with E-state index in [1.54, 1.807) is 11.1 Å². The highest BCUT2D eigenvalue weighted by Crippen LogP contribution is 2.38. The van der Waals surface area contributed by atoms with E-state index in [9.17, 15) is 0 Å². The molecular formula is C13H20. The van der Waals surface area contributed by atoms with Gasteiger partial charge in [0.15, 0.2) is 0 Å². The van der Waals surface area contributed by atoms with Crippen molar-refractivity contribution in [1.82, 2.24) is 0 Å². The molecule has 0 heteroatoms. The lowest BCUT2D eigenvalue weighted by Crippen LogP contribution is -2.09. The SMILES string of the molecule is CCCCC1CCCC2=C1C=CC2. The molecule has 0 heterocycles. The molecule has 0 amide bonds. The van der Waals surface area contributed by atoms with Crippen LogP contribution < -0.4 is 0 Å². The van der Waals surface area contributed by atoms with Crippen LogP contribution in [0.5, 0.6) is 0 Å². The lowest BCUT2D eigenvalue weighted by atomic mass is 9.81. The molecule has 0 bridgehead atoms. The van der Waals surface area contributed by atoms with E-state index in [2.05, 4.69) is 19.1 Å². The van der Waals surface area contributed by atoms with Crippen LogP contribution in [0.3, 0.4) is 0 Å². The summed E-state index contributed by atoms with van der Waals surface area (Å²) in [6, 6.07) is 0. The molecule has 1 unspecified atom stereocenters. The fourth-order valence-corrected chi connectivity index (χ4v) is 2.70. The summed E-state index contributed by atoms with van der Waals surface area (Å²) in [5, 5.41) is 0. The summed E-state index contributed by atoms with van der Waals surface area (Å²) in [6.45, 7) is 2.29. The molecule has 0 N–H and O–H groups in total. The average molecular weight is 176 g/mol. The van der Waals surface area contributed by atoms with Crippen molar-refractivity contribution in [2.45, 2.75) is 51.9 Å². The van der Waals surface area contributed by atoms with Crippen molar-refractivity contribution in [2.75, 3.05) is 0 Å². The smallest absolute Gasteiger partial charge is 0.0130 e. The predicted molar refractivity (Wildman–Crippen MR) is 57.6 cm³/mol. The van der Waals surface area contributed by atoms with Crippen LogP contribution in [-0.4, -0.2) is 0 Å². The average Bonchev–Trinajstić information content (AvgIpc) is 2.62. The zero-order chi connectivity index (χ0) is 9.10. The molecular weight excluding hydrogens is 156 g/mol. The highest BCUT2D eigenvalue weighted by molar-refractivity contribution is 5.37. The Morgan fingerprint density at radius 1 is 1.46 bits per heavy atom. The minimum atomic E-state index is 0.919. The molecule has 0 nitrogen and oxygen atoms in total. The second-order valence-corrected chi connectivity index (χ2v) is 4.40. The van der Waals surface area contributed by atoms with Crippen LogP contribution in [0.25, 0.3) is 0 Å². The molecule has 2 aliphatic carbocycles. The van der Waals surface area contributed by atoms with E-state index < -0.39 is 0 Å². The van der Waals surface area contributed by atoms with Crippen molar-refractivity contribution in [1.29, 1.82) is 0 Å². The van der Waals surface area contributed by atoms with Crippen LogP contribution in [0, 0.1) is 5.92 Å². The van der Waals surface area contributed by atoms with E-state index in [0.717, 1.165) is 5.92 Å². The minimum Gasteiger partial charge on any atom is -0.0802 e. The number of hydrogen-bond acceptors (Lipinski definition) is 0. The first-order chi connectivity index (χ1) is 6.42. The fraction of sp³-hybridized carbons (Fsp3) is 0.692. The first-order valence-corrected chi connectivity index (χ1v) is 5.80. The molecule has 0 aliphatic heterocycles. The van der Waals surface area contributed by atoms with Crippen LogP contribution in [0.2, 0.25) is 0 Å². The summed E-state index contributed by atoms with van der Waals surface area (Å²) < 4.78 is 0. The summed E-state index contributed by atoms with van der Waals surface area (Å²) in [4.78, 5) is 0.